The molecule has 1 aliphatic heterocycles. The number of aromatic nitrogens is 1. The molecule has 6 rings (SSSR count). The molecular formula is C23H27NS. The molecule has 2 bridgehead atoms. The predicted octanol–water partition coefficient (Wildman–Crippen LogP) is 6.62. The number of fused-ring (bicyclic) bond motifs is 4. The Morgan fingerprint density at radius 2 is 1.64 bits per heavy atom. The second kappa shape index (κ2) is 5.61. The van der Waals surface area contributed by atoms with Gasteiger partial charge in [-0.15, -0.1) is 11.8 Å². The zero-order valence-corrected chi connectivity index (χ0v) is 16.3. The van der Waals surface area contributed by atoms with Gasteiger partial charge in [-0.25, -0.2) is 0 Å². The third-order valence-electron chi connectivity index (χ3n) is 6.60. The molecule has 3 aliphatic carbocycles. The van der Waals surface area contributed by atoms with Gasteiger partial charge in [0.2, 0.25) is 0 Å². The SMILES string of the molecule is CC(C)(C)C1c2cccnc2CSc2c1ccc1c2C2CCC1CC2. The molecule has 0 saturated heterocycles. The minimum Gasteiger partial charge on any atom is -0.260 e. The quantitative estimate of drug-likeness (QED) is 0.530. The molecule has 2 aromatic rings. The summed E-state index contributed by atoms with van der Waals surface area (Å²) in [5.41, 5.74) is 7.91. The van der Waals surface area contributed by atoms with Gasteiger partial charge < -0.3 is 0 Å². The van der Waals surface area contributed by atoms with Crippen molar-refractivity contribution in [3.63, 3.8) is 0 Å². The highest BCUT2D eigenvalue weighted by Crippen LogP contribution is 2.56. The zero-order valence-electron chi connectivity index (χ0n) is 15.5. The van der Waals surface area contributed by atoms with Crippen LogP contribution in [0, 0.1) is 5.41 Å². The maximum Gasteiger partial charge on any atom is 0.0544 e. The van der Waals surface area contributed by atoms with Crippen LogP contribution in [0.25, 0.3) is 0 Å². The van der Waals surface area contributed by atoms with Gasteiger partial charge in [0.15, 0.2) is 0 Å². The Labute approximate surface area is 155 Å². The molecule has 1 unspecified atom stereocenters. The van der Waals surface area contributed by atoms with Crippen molar-refractivity contribution in [2.75, 3.05) is 0 Å². The fourth-order valence-electron chi connectivity index (χ4n) is 5.57. The number of rotatable bonds is 0. The third-order valence-corrected chi connectivity index (χ3v) is 7.76. The Morgan fingerprint density at radius 3 is 2.40 bits per heavy atom. The van der Waals surface area contributed by atoms with Crippen molar-refractivity contribution in [1.29, 1.82) is 0 Å². The van der Waals surface area contributed by atoms with Crippen molar-refractivity contribution in [1.82, 2.24) is 4.98 Å². The van der Waals surface area contributed by atoms with E-state index >= 15 is 0 Å². The van der Waals surface area contributed by atoms with E-state index < -0.39 is 0 Å². The number of hydrogen-bond donors (Lipinski definition) is 0. The van der Waals surface area contributed by atoms with Gasteiger partial charge in [0.05, 0.1) is 5.69 Å². The van der Waals surface area contributed by atoms with E-state index in [2.05, 4.69) is 56.8 Å². The monoisotopic (exact) mass is 349 g/mol. The van der Waals surface area contributed by atoms with Crippen LogP contribution < -0.4 is 0 Å². The third kappa shape index (κ3) is 2.40. The average Bonchev–Trinajstić information content (AvgIpc) is 2.79. The molecule has 1 fully saturated rings. The van der Waals surface area contributed by atoms with E-state index in [4.69, 9.17) is 4.98 Å². The summed E-state index contributed by atoms with van der Waals surface area (Å²) >= 11 is 2.06. The molecule has 4 aliphatic rings. The van der Waals surface area contributed by atoms with Gasteiger partial charge >= 0.3 is 0 Å². The molecule has 0 radical (unpaired) electrons. The molecular weight excluding hydrogens is 322 g/mol. The lowest BCUT2D eigenvalue weighted by Crippen LogP contribution is -2.25. The summed E-state index contributed by atoms with van der Waals surface area (Å²) in [7, 11) is 0. The van der Waals surface area contributed by atoms with Crippen molar-refractivity contribution < 1.29 is 0 Å². The second-order valence-electron chi connectivity index (χ2n) is 9.16. The first-order chi connectivity index (χ1) is 12.0. The van der Waals surface area contributed by atoms with Crippen molar-refractivity contribution in [3.8, 4) is 0 Å². The predicted molar refractivity (Wildman–Crippen MR) is 105 cm³/mol. The summed E-state index contributed by atoms with van der Waals surface area (Å²) in [6.07, 6.45) is 7.59. The van der Waals surface area contributed by atoms with E-state index in [9.17, 15) is 0 Å². The van der Waals surface area contributed by atoms with Gasteiger partial charge in [0, 0.05) is 22.8 Å². The summed E-state index contributed by atoms with van der Waals surface area (Å²) in [5, 5.41) is 0. The van der Waals surface area contributed by atoms with Crippen molar-refractivity contribution in [2.45, 2.75) is 74.9 Å². The molecule has 0 spiro atoms. The standard InChI is InChI=1S/C23H27NS/c1-23(2,3)21-17-5-4-12-24-19(17)13-25-22-18(21)11-10-16-14-6-8-15(9-7-14)20(16)22/h4-5,10-12,14-15,21H,6-9,13H2,1-3H3. The van der Waals surface area contributed by atoms with E-state index in [1.165, 1.54) is 36.9 Å². The number of hydrogen-bond acceptors (Lipinski definition) is 2. The molecule has 130 valence electrons. The molecule has 1 nitrogen and oxygen atoms in total. The summed E-state index contributed by atoms with van der Waals surface area (Å²) in [6, 6.07) is 9.40. The van der Waals surface area contributed by atoms with E-state index in [0.717, 1.165) is 17.6 Å². The van der Waals surface area contributed by atoms with Gasteiger partial charge in [0.25, 0.3) is 0 Å². The van der Waals surface area contributed by atoms with Crippen LogP contribution in [0.3, 0.4) is 0 Å². The zero-order chi connectivity index (χ0) is 17.2. The van der Waals surface area contributed by atoms with Crippen LogP contribution in [0.4, 0.5) is 0 Å². The first-order valence-corrected chi connectivity index (χ1v) is 10.8. The van der Waals surface area contributed by atoms with Crippen LogP contribution in [0.5, 0.6) is 0 Å². The van der Waals surface area contributed by atoms with Gasteiger partial charge in [-0.05, 0) is 71.3 Å². The summed E-state index contributed by atoms with van der Waals surface area (Å²) in [5.74, 6) is 3.08. The Balaban J connectivity index is 1.76. The molecule has 2 heterocycles. The van der Waals surface area contributed by atoms with Crippen LogP contribution in [0.15, 0.2) is 35.4 Å². The smallest absolute Gasteiger partial charge is 0.0544 e. The first kappa shape index (κ1) is 15.9. The summed E-state index contributed by atoms with van der Waals surface area (Å²) < 4.78 is 0. The Hall–Kier alpha value is -1.28. The fourth-order valence-corrected chi connectivity index (χ4v) is 6.88. The van der Waals surface area contributed by atoms with Crippen LogP contribution >= 0.6 is 11.8 Å². The van der Waals surface area contributed by atoms with E-state index in [1.54, 1.807) is 21.6 Å². The molecule has 1 saturated carbocycles. The average molecular weight is 350 g/mol. The molecule has 1 atom stereocenters. The summed E-state index contributed by atoms with van der Waals surface area (Å²) in [4.78, 5) is 6.38. The lowest BCUT2D eigenvalue weighted by atomic mass is 9.65. The largest absolute Gasteiger partial charge is 0.260 e. The van der Waals surface area contributed by atoms with Gasteiger partial charge in [0.1, 0.15) is 0 Å². The lowest BCUT2D eigenvalue weighted by molar-refractivity contribution is 0.341. The Bertz CT molecular complexity index is 824. The Morgan fingerprint density at radius 1 is 0.920 bits per heavy atom. The molecule has 2 heteroatoms. The minimum absolute atomic E-state index is 0.194. The van der Waals surface area contributed by atoms with E-state index in [1.807, 2.05) is 6.20 Å². The molecule has 25 heavy (non-hydrogen) atoms. The summed E-state index contributed by atoms with van der Waals surface area (Å²) in [6.45, 7) is 7.17. The van der Waals surface area contributed by atoms with E-state index in [-0.39, 0.29) is 5.41 Å². The highest BCUT2D eigenvalue weighted by Gasteiger charge is 2.39. The van der Waals surface area contributed by atoms with Gasteiger partial charge in [-0.2, -0.15) is 0 Å². The van der Waals surface area contributed by atoms with Crippen molar-refractivity contribution in [3.05, 3.63) is 58.4 Å². The fraction of sp³-hybridized carbons (Fsp3) is 0.522. The van der Waals surface area contributed by atoms with Crippen molar-refractivity contribution >= 4 is 11.8 Å². The molecule has 1 aromatic carbocycles. The highest BCUT2D eigenvalue weighted by molar-refractivity contribution is 7.98. The lowest BCUT2D eigenvalue weighted by Gasteiger charge is -2.41. The number of nitrogens with zero attached hydrogens (tertiary/aromatic N) is 1. The maximum absolute atomic E-state index is 4.77. The molecule has 1 aromatic heterocycles. The van der Waals surface area contributed by atoms with Crippen LogP contribution in [0.2, 0.25) is 0 Å². The first-order valence-electron chi connectivity index (χ1n) is 9.77. The van der Waals surface area contributed by atoms with Crippen LogP contribution in [-0.4, -0.2) is 4.98 Å². The second-order valence-corrected chi connectivity index (χ2v) is 10.1. The molecule has 0 amide bonds. The van der Waals surface area contributed by atoms with Crippen LogP contribution in [0.1, 0.15) is 92.2 Å². The highest BCUT2D eigenvalue weighted by atomic mass is 32.2. The number of pyridine rings is 1. The van der Waals surface area contributed by atoms with E-state index in [0.29, 0.717) is 5.92 Å². The van der Waals surface area contributed by atoms with Crippen molar-refractivity contribution in [2.24, 2.45) is 5.41 Å². The minimum atomic E-state index is 0.194. The Kier molecular flexibility index (Phi) is 3.57. The topological polar surface area (TPSA) is 12.9 Å². The number of thioether (sulfide) groups is 1. The number of benzene rings is 1. The normalized spacial score (nSPS) is 27.2. The maximum atomic E-state index is 4.77. The van der Waals surface area contributed by atoms with Gasteiger partial charge in [-0.1, -0.05) is 39.0 Å². The van der Waals surface area contributed by atoms with Gasteiger partial charge in [-0.3, -0.25) is 4.98 Å². The molecule has 0 N–H and O–H groups in total. The van der Waals surface area contributed by atoms with Crippen LogP contribution in [-0.2, 0) is 5.75 Å².